The summed E-state index contributed by atoms with van der Waals surface area (Å²) in [6, 6.07) is 4.07. The third-order valence-electron chi connectivity index (χ3n) is 4.25. The van der Waals surface area contributed by atoms with Gasteiger partial charge in [-0.15, -0.1) is 17.9 Å². The molecule has 0 spiro atoms. The van der Waals surface area contributed by atoms with Crippen molar-refractivity contribution >= 4 is 17.2 Å². The summed E-state index contributed by atoms with van der Waals surface area (Å²) in [6.45, 7) is 7.66. The van der Waals surface area contributed by atoms with E-state index in [0.717, 1.165) is 25.2 Å². The Labute approximate surface area is 146 Å². The van der Waals surface area contributed by atoms with Gasteiger partial charge in [-0.1, -0.05) is 12.1 Å². The van der Waals surface area contributed by atoms with Gasteiger partial charge in [-0.05, 0) is 24.8 Å². The lowest BCUT2D eigenvalue weighted by Gasteiger charge is -2.29. The van der Waals surface area contributed by atoms with Crippen LogP contribution in [0.25, 0.3) is 0 Å². The van der Waals surface area contributed by atoms with Crippen molar-refractivity contribution < 1.29 is 4.79 Å². The van der Waals surface area contributed by atoms with E-state index in [2.05, 4.69) is 28.0 Å². The lowest BCUT2D eigenvalue weighted by molar-refractivity contribution is -0.133. The van der Waals surface area contributed by atoms with Crippen LogP contribution in [0.3, 0.4) is 0 Å². The first kappa shape index (κ1) is 16.9. The van der Waals surface area contributed by atoms with Crippen molar-refractivity contribution in [1.82, 2.24) is 25.0 Å². The molecule has 1 amide bonds. The van der Waals surface area contributed by atoms with Crippen molar-refractivity contribution in [1.29, 1.82) is 0 Å². The highest BCUT2D eigenvalue weighted by molar-refractivity contribution is 7.09. The van der Waals surface area contributed by atoms with Gasteiger partial charge in [0.1, 0.15) is 12.2 Å². The largest absolute Gasteiger partial charge is 0.333 e. The zero-order chi connectivity index (χ0) is 16.9. The number of nitrogens with one attached hydrogen (secondary N) is 1. The molecule has 128 valence electrons. The van der Waals surface area contributed by atoms with Crippen LogP contribution in [0.4, 0.5) is 0 Å². The zero-order valence-electron chi connectivity index (χ0n) is 13.9. The molecule has 0 saturated carbocycles. The zero-order valence-corrected chi connectivity index (χ0v) is 14.7. The quantitative estimate of drug-likeness (QED) is 0.778. The van der Waals surface area contributed by atoms with Crippen molar-refractivity contribution in [3.8, 4) is 0 Å². The summed E-state index contributed by atoms with van der Waals surface area (Å²) in [4.78, 5) is 20.1. The molecule has 1 aliphatic rings. The molecule has 6 nitrogen and oxygen atoms in total. The van der Waals surface area contributed by atoms with Crippen molar-refractivity contribution in [3.05, 3.63) is 47.2 Å². The Morgan fingerprint density at radius 1 is 1.67 bits per heavy atom. The molecule has 0 saturated heterocycles. The highest BCUT2D eigenvalue weighted by Crippen LogP contribution is 2.15. The average molecular weight is 345 g/mol. The maximum Gasteiger partial charge on any atom is 0.240 e. The Morgan fingerprint density at radius 2 is 2.54 bits per heavy atom. The fourth-order valence-corrected chi connectivity index (χ4v) is 3.77. The van der Waals surface area contributed by atoms with Crippen LogP contribution in [0.5, 0.6) is 0 Å². The van der Waals surface area contributed by atoms with Crippen LogP contribution in [0.15, 0.2) is 36.5 Å². The molecule has 3 rings (SSSR count). The topological polar surface area (TPSA) is 63.1 Å². The van der Waals surface area contributed by atoms with Gasteiger partial charge >= 0.3 is 0 Å². The third kappa shape index (κ3) is 3.91. The van der Waals surface area contributed by atoms with E-state index in [-0.39, 0.29) is 18.0 Å². The summed E-state index contributed by atoms with van der Waals surface area (Å²) < 4.78 is 1.92. The summed E-state index contributed by atoms with van der Waals surface area (Å²) in [7, 11) is 0. The Morgan fingerprint density at radius 3 is 3.29 bits per heavy atom. The van der Waals surface area contributed by atoms with Gasteiger partial charge in [0.2, 0.25) is 5.91 Å². The van der Waals surface area contributed by atoms with Gasteiger partial charge in [0.15, 0.2) is 0 Å². The highest BCUT2D eigenvalue weighted by atomic mass is 32.1. The lowest BCUT2D eigenvalue weighted by atomic mass is 10.1. The molecule has 0 radical (unpaired) electrons. The third-order valence-corrected chi connectivity index (χ3v) is 5.11. The predicted molar refractivity (Wildman–Crippen MR) is 94.7 cm³/mol. The Hall–Kier alpha value is -1.99. The number of amides is 1. The van der Waals surface area contributed by atoms with E-state index < -0.39 is 0 Å². The number of aryl methyl sites for hydroxylation is 1. The first-order valence-electron chi connectivity index (χ1n) is 8.22. The van der Waals surface area contributed by atoms with Crippen molar-refractivity contribution in [2.24, 2.45) is 0 Å². The molecule has 3 heterocycles. The first-order chi connectivity index (χ1) is 11.7. The summed E-state index contributed by atoms with van der Waals surface area (Å²) in [5.41, 5.74) is 0. The van der Waals surface area contributed by atoms with Crippen LogP contribution in [0.2, 0.25) is 0 Å². The number of aromatic nitrogens is 3. The Kier molecular flexibility index (Phi) is 5.42. The van der Waals surface area contributed by atoms with E-state index in [1.54, 1.807) is 23.7 Å². The van der Waals surface area contributed by atoms with E-state index in [4.69, 9.17) is 0 Å². The molecule has 1 N–H and O–H groups in total. The fraction of sp³-hybridized carbons (Fsp3) is 0.471. The molecule has 0 bridgehead atoms. The maximum absolute atomic E-state index is 12.8. The van der Waals surface area contributed by atoms with E-state index in [1.165, 1.54) is 4.88 Å². The van der Waals surface area contributed by atoms with Gasteiger partial charge in [0, 0.05) is 23.9 Å². The van der Waals surface area contributed by atoms with Crippen LogP contribution >= 0.6 is 11.3 Å². The average Bonchev–Trinajstić information content (AvgIpc) is 3.24. The molecule has 2 aromatic heterocycles. The van der Waals surface area contributed by atoms with Crippen LogP contribution in [-0.2, 0) is 24.3 Å². The summed E-state index contributed by atoms with van der Waals surface area (Å²) in [6.07, 6.45) is 5.24. The maximum atomic E-state index is 12.8. The van der Waals surface area contributed by atoms with Gasteiger partial charge < -0.3 is 10.2 Å². The molecule has 0 aliphatic carbocycles. The van der Waals surface area contributed by atoms with Crippen molar-refractivity contribution in [3.63, 3.8) is 0 Å². The minimum absolute atomic E-state index is 0.104. The van der Waals surface area contributed by atoms with Crippen LogP contribution in [0, 0.1) is 0 Å². The van der Waals surface area contributed by atoms with E-state index in [0.29, 0.717) is 13.1 Å². The smallest absolute Gasteiger partial charge is 0.240 e. The number of thiophene rings is 1. The number of nitrogens with zero attached hydrogens (tertiary/aromatic N) is 4. The highest BCUT2D eigenvalue weighted by Gasteiger charge is 2.26. The number of hydrogen-bond acceptors (Lipinski definition) is 5. The number of fused-ring (bicyclic) bond motifs is 1. The Bertz CT molecular complexity index is 681. The second-order valence-corrected chi connectivity index (χ2v) is 7.10. The van der Waals surface area contributed by atoms with Gasteiger partial charge in [-0.25, -0.2) is 9.67 Å². The van der Waals surface area contributed by atoms with Gasteiger partial charge in [-0.2, -0.15) is 5.10 Å². The van der Waals surface area contributed by atoms with E-state index in [9.17, 15) is 4.79 Å². The first-order valence-corrected chi connectivity index (χ1v) is 9.10. The summed E-state index contributed by atoms with van der Waals surface area (Å²) >= 11 is 1.67. The second-order valence-electron chi connectivity index (χ2n) is 6.07. The molecular weight excluding hydrogens is 322 g/mol. The molecule has 7 heteroatoms. The molecule has 2 atom stereocenters. The van der Waals surface area contributed by atoms with E-state index in [1.807, 2.05) is 28.0 Å². The minimum Gasteiger partial charge on any atom is -0.333 e. The summed E-state index contributed by atoms with van der Waals surface area (Å²) in [5.74, 6) is 1.13. The van der Waals surface area contributed by atoms with Gasteiger partial charge in [-0.3, -0.25) is 4.79 Å². The van der Waals surface area contributed by atoms with Gasteiger partial charge in [0.05, 0.1) is 19.1 Å². The van der Waals surface area contributed by atoms with Crippen LogP contribution in [-0.4, -0.2) is 44.2 Å². The molecule has 1 aliphatic heterocycles. The number of rotatable bonds is 7. The summed E-state index contributed by atoms with van der Waals surface area (Å²) in [5, 5.41) is 9.72. The molecule has 0 fully saturated rings. The number of hydrogen-bond donors (Lipinski definition) is 1. The SMILES string of the molecule is C=CCN(Cc1cccs1)C(=O)[C@@H](C)N[C@@H]1CCc2ncnn2C1. The number of carbonyl (C=O) groups is 1. The molecule has 24 heavy (non-hydrogen) atoms. The Balaban J connectivity index is 1.59. The van der Waals surface area contributed by atoms with E-state index >= 15 is 0 Å². The van der Waals surface area contributed by atoms with Crippen LogP contribution in [0.1, 0.15) is 24.0 Å². The molecule has 2 aromatic rings. The molecular formula is C17H23N5OS. The monoisotopic (exact) mass is 345 g/mol. The molecule has 0 aromatic carbocycles. The number of carbonyl (C=O) groups excluding carboxylic acids is 1. The van der Waals surface area contributed by atoms with Gasteiger partial charge in [0.25, 0.3) is 0 Å². The van der Waals surface area contributed by atoms with Crippen LogP contribution < -0.4 is 5.32 Å². The predicted octanol–water partition coefficient (Wildman–Crippen LogP) is 1.85. The standard InChI is InChI=1S/C17H23N5OS/c1-3-8-21(11-15-5-4-9-24-15)17(23)13(2)20-14-6-7-16-18-12-19-22(16)10-14/h3-5,9,12-14,20H,1,6-8,10-11H2,2H3/t13-,14-/m1/s1. The fourth-order valence-electron chi connectivity index (χ4n) is 3.05. The lowest BCUT2D eigenvalue weighted by Crippen LogP contribution is -2.50. The van der Waals surface area contributed by atoms with Crippen molar-refractivity contribution in [2.75, 3.05) is 6.54 Å². The second kappa shape index (κ2) is 7.72. The minimum atomic E-state index is -0.236. The molecule has 0 unspecified atom stereocenters. The normalized spacial score (nSPS) is 18.0. The van der Waals surface area contributed by atoms with Crippen molar-refractivity contribution in [2.45, 2.75) is 44.9 Å².